The third-order valence-electron chi connectivity index (χ3n) is 3.27. The van der Waals surface area contributed by atoms with Crippen LogP contribution in [0.3, 0.4) is 0 Å². The first-order chi connectivity index (χ1) is 9.58. The fourth-order valence-electron chi connectivity index (χ4n) is 2.29. The van der Waals surface area contributed by atoms with Gasteiger partial charge in [0.25, 0.3) is 6.43 Å². The van der Waals surface area contributed by atoms with Crippen molar-refractivity contribution < 1.29 is 13.2 Å². The van der Waals surface area contributed by atoms with Gasteiger partial charge in [0.2, 0.25) is 0 Å². The average molecular weight is 363 g/mol. The van der Waals surface area contributed by atoms with E-state index in [9.17, 15) is 13.2 Å². The number of halogens is 4. The maximum atomic E-state index is 13.9. The molecule has 0 amide bonds. The van der Waals surface area contributed by atoms with E-state index >= 15 is 0 Å². The number of nitrogens with zero attached hydrogens (tertiary/aromatic N) is 1. The fraction of sp³-hybridized carbons (Fsp3) is 0.385. The Morgan fingerprint density at radius 3 is 2.48 bits per heavy atom. The highest BCUT2D eigenvalue weighted by molar-refractivity contribution is 9.10. The highest BCUT2D eigenvalue weighted by Crippen LogP contribution is 2.46. The van der Waals surface area contributed by atoms with Crippen LogP contribution in [0, 0.1) is 16.6 Å². The summed E-state index contributed by atoms with van der Waals surface area (Å²) < 4.78 is 40.2. The monoisotopic (exact) mass is 362 g/mol. The van der Waals surface area contributed by atoms with Crippen LogP contribution < -0.4 is 10.2 Å². The van der Waals surface area contributed by atoms with Crippen LogP contribution in [0.5, 0.6) is 0 Å². The van der Waals surface area contributed by atoms with E-state index in [0.717, 1.165) is 11.0 Å². The highest BCUT2D eigenvalue weighted by Gasteiger charge is 2.40. The lowest BCUT2D eigenvalue weighted by atomic mass is 9.95. The number of hydrogen-bond donors (Lipinski definition) is 3. The van der Waals surface area contributed by atoms with Gasteiger partial charge in [0, 0.05) is 6.07 Å². The van der Waals surface area contributed by atoms with Crippen LogP contribution in [-0.4, -0.2) is 17.2 Å². The smallest absolute Gasteiger partial charge is 0.267 e. The van der Waals surface area contributed by atoms with Crippen molar-refractivity contribution in [3.8, 4) is 0 Å². The zero-order valence-corrected chi connectivity index (χ0v) is 13.2. The molecule has 0 saturated heterocycles. The Balaban J connectivity index is 2.85. The van der Waals surface area contributed by atoms with Gasteiger partial charge in [0.05, 0.1) is 26.9 Å². The molecule has 1 aliphatic heterocycles. The zero-order chi connectivity index (χ0) is 16.1. The first-order valence-corrected chi connectivity index (χ1v) is 6.89. The summed E-state index contributed by atoms with van der Waals surface area (Å²) in [5.41, 5.74) is -1.40. The summed E-state index contributed by atoms with van der Waals surface area (Å²) in [4.78, 5) is 1.11. The normalized spacial score (nSPS) is 16.8. The Kier molecular flexibility index (Phi) is 3.77. The second-order valence-electron chi connectivity index (χ2n) is 5.30. The van der Waals surface area contributed by atoms with Crippen LogP contribution >= 0.6 is 15.9 Å². The van der Waals surface area contributed by atoms with Crippen LogP contribution in [0.4, 0.5) is 24.5 Å². The molecular formula is C13H14BrF3N4. The van der Waals surface area contributed by atoms with Gasteiger partial charge in [-0.05, 0) is 36.7 Å². The number of amidine groups is 2. The second kappa shape index (κ2) is 5.01. The molecule has 1 aliphatic rings. The number of benzene rings is 1. The van der Waals surface area contributed by atoms with Gasteiger partial charge in [0.15, 0.2) is 0 Å². The van der Waals surface area contributed by atoms with E-state index in [1.807, 2.05) is 0 Å². The molecule has 0 spiro atoms. The highest BCUT2D eigenvalue weighted by atomic mass is 79.9. The van der Waals surface area contributed by atoms with Gasteiger partial charge in [-0.1, -0.05) is 0 Å². The molecule has 8 heteroatoms. The maximum absolute atomic E-state index is 13.9. The van der Waals surface area contributed by atoms with Crippen LogP contribution in [0.1, 0.15) is 32.8 Å². The molecule has 0 radical (unpaired) electrons. The van der Waals surface area contributed by atoms with Gasteiger partial charge < -0.3 is 5.32 Å². The van der Waals surface area contributed by atoms with Crippen molar-refractivity contribution in [1.29, 1.82) is 10.8 Å². The summed E-state index contributed by atoms with van der Waals surface area (Å²) >= 11 is 2.83. The Hall–Kier alpha value is -1.57. The molecule has 21 heavy (non-hydrogen) atoms. The number of rotatable bonds is 1. The molecule has 4 nitrogen and oxygen atoms in total. The molecular weight excluding hydrogens is 349 g/mol. The van der Waals surface area contributed by atoms with Crippen molar-refractivity contribution in [2.75, 3.05) is 10.2 Å². The summed E-state index contributed by atoms with van der Waals surface area (Å²) in [5.74, 6) is -0.956. The van der Waals surface area contributed by atoms with Crippen LogP contribution in [0.25, 0.3) is 0 Å². The summed E-state index contributed by atoms with van der Waals surface area (Å²) in [6, 6.07) is 1.09. The van der Waals surface area contributed by atoms with Crippen LogP contribution in [-0.2, 0) is 0 Å². The molecule has 114 valence electrons. The van der Waals surface area contributed by atoms with Gasteiger partial charge in [-0.2, -0.15) is 0 Å². The number of fused-ring (bicyclic) bond motifs is 1. The maximum Gasteiger partial charge on any atom is 0.267 e. The topological polar surface area (TPSA) is 63.0 Å². The average Bonchev–Trinajstić information content (AvgIpc) is 2.32. The second-order valence-corrected chi connectivity index (χ2v) is 6.10. The van der Waals surface area contributed by atoms with Crippen molar-refractivity contribution in [3.05, 3.63) is 21.9 Å². The summed E-state index contributed by atoms with van der Waals surface area (Å²) in [7, 11) is 0. The SMILES string of the molecule is CC(=N)N1C(=N)C(C)(C)Nc2cc(F)c(Br)c(C(F)F)c21. The van der Waals surface area contributed by atoms with Crippen LogP contribution in [0.2, 0.25) is 0 Å². The van der Waals surface area contributed by atoms with Crippen LogP contribution in [0.15, 0.2) is 10.5 Å². The molecule has 1 aromatic rings. The van der Waals surface area contributed by atoms with E-state index in [-0.39, 0.29) is 27.5 Å². The van der Waals surface area contributed by atoms with E-state index in [2.05, 4.69) is 21.2 Å². The van der Waals surface area contributed by atoms with Crippen molar-refractivity contribution >= 4 is 39.0 Å². The predicted octanol–water partition coefficient (Wildman–Crippen LogP) is 4.51. The number of alkyl halides is 2. The van der Waals surface area contributed by atoms with E-state index in [4.69, 9.17) is 10.8 Å². The molecule has 1 aromatic carbocycles. The van der Waals surface area contributed by atoms with Gasteiger partial charge in [-0.15, -0.1) is 0 Å². The molecule has 1 heterocycles. The number of nitrogens with one attached hydrogen (secondary N) is 3. The quantitative estimate of drug-likeness (QED) is 0.508. The van der Waals surface area contributed by atoms with Crippen molar-refractivity contribution in [2.24, 2.45) is 0 Å². The molecule has 0 atom stereocenters. The largest absolute Gasteiger partial charge is 0.371 e. The molecule has 0 fully saturated rings. The molecule has 0 saturated carbocycles. The summed E-state index contributed by atoms with van der Waals surface area (Å²) in [6.45, 7) is 4.72. The summed E-state index contributed by atoms with van der Waals surface area (Å²) in [6.07, 6.45) is -2.94. The number of hydrogen-bond acceptors (Lipinski definition) is 3. The van der Waals surface area contributed by atoms with E-state index in [1.165, 1.54) is 6.92 Å². The lowest BCUT2D eigenvalue weighted by Crippen LogP contribution is -2.55. The standard InChI is InChI=1S/C13H14BrF3N4/c1-5(18)21-10-7(20-13(2,3)12(21)19)4-6(15)9(14)8(10)11(16)17/h4,11,18-20H,1-3H3. The number of anilines is 2. The van der Waals surface area contributed by atoms with Gasteiger partial charge in [-0.25, -0.2) is 13.2 Å². The molecule has 3 N–H and O–H groups in total. The molecule has 0 bridgehead atoms. The van der Waals surface area contributed by atoms with Gasteiger partial charge >= 0.3 is 0 Å². The molecule has 0 unspecified atom stereocenters. The fourth-order valence-corrected chi connectivity index (χ4v) is 2.77. The third kappa shape index (κ3) is 2.41. The zero-order valence-electron chi connectivity index (χ0n) is 11.6. The minimum absolute atomic E-state index is 0.0529. The van der Waals surface area contributed by atoms with Crippen molar-refractivity contribution in [1.82, 2.24) is 0 Å². The minimum Gasteiger partial charge on any atom is -0.371 e. The van der Waals surface area contributed by atoms with Crippen molar-refractivity contribution in [3.63, 3.8) is 0 Å². The van der Waals surface area contributed by atoms with E-state index in [1.54, 1.807) is 13.8 Å². The molecule has 0 aromatic heterocycles. The molecule has 2 rings (SSSR count). The Bertz CT molecular complexity index is 643. The van der Waals surface area contributed by atoms with Gasteiger partial charge in [0.1, 0.15) is 17.5 Å². The lowest BCUT2D eigenvalue weighted by molar-refractivity contribution is 0.150. The third-order valence-corrected chi connectivity index (χ3v) is 4.07. The Labute approximate surface area is 128 Å². The first kappa shape index (κ1) is 15.8. The molecule has 0 aliphatic carbocycles. The van der Waals surface area contributed by atoms with E-state index < -0.39 is 23.3 Å². The minimum atomic E-state index is -2.94. The first-order valence-electron chi connectivity index (χ1n) is 6.10. The van der Waals surface area contributed by atoms with Gasteiger partial charge in [-0.3, -0.25) is 15.7 Å². The van der Waals surface area contributed by atoms with Crippen molar-refractivity contribution in [2.45, 2.75) is 32.7 Å². The Morgan fingerprint density at radius 1 is 1.43 bits per heavy atom. The summed E-state index contributed by atoms with van der Waals surface area (Å²) in [5, 5.41) is 18.8. The Morgan fingerprint density at radius 2 is 2.00 bits per heavy atom. The van der Waals surface area contributed by atoms with E-state index in [0.29, 0.717) is 0 Å². The lowest BCUT2D eigenvalue weighted by Gasteiger charge is -2.42. The predicted molar refractivity (Wildman–Crippen MR) is 80.4 cm³/mol.